The molecule has 1 aliphatic carbocycles. The summed E-state index contributed by atoms with van der Waals surface area (Å²) in [4.78, 5) is 12.7. The second kappa shape index (κ2) is 10.8. The number of carbonyl (C=O) groups is 1. The lowest BCUT2D eigenvalue weighted by Crippen LogP contribution is -2.55. The third kappa shape index (κ3) is 5.97. The molecule has 7 heteroatoms. The van der Waals surface area contributed by atoms with Crippen LogP contribution in [0.5, 0.6) is 5.75 Å². The minimum absolute atomic E-state index is 0.0153. The van der Waals surface area contributed by atoms with Gasteiger partial charge in [-0.15, -0.1) is 0 Å². The summed E-state index contributed by atoms with van der Waals surface area (Å²) >= 11 is 0. The summed E-state index contributed by atoms with van der Waals surface area (Å²) in [5.41, 5.74) is 1.60. The Bertz CT molecular complexity index is 933. The topological polar surface area (TPSA) is 81.9 Å². The highest BCUT2D eigenvalue weighted by atomic mass is 16.6. The molecule has 2 aliphatic heterocycles. The van der Waals surface area contributed by atoms with Gasteiger partial charge in [-0.3, -0.25) is 0 Å². The van der Waals surface area contributed by atoms with Crippen LogP contribution in [0.25, 0.3) is 6.08 Å². The predicted octanol–water partition coefficient (Wildman–Crippen LogP) is 3.92. The second-order valence-corrected chi connectivity index (χ2v) is 10.2. The largest absolute Gasteiger partial charge is 0.492 e. The Labute approximate surface area is 208 Å². The van der Waals surface area contributed by atoms with Crippen LogP contribution < -0.4 is 10.1 Å². The predicted molar refractivity (Wildman–Crippen MR) is 134 cm³/mol. The summed E-state index contributed by atoms with van der Waals surface area (Å²) in [7, 11) is 3.58. The van der Waals surface area contributed by atoms with Crippen LogP contribution in [0, 0.1) is 5.92 Å². The first-order chi connectivity index (χ1) is 16.8. The zero-order chi connectivity index (χ0) is 25.1. The average Bonchev–Trinajstić information content (AvgIpc) is 3.75. The van der Waals surface area contributed by atoms with Crippen LogP contribution in [0.2, 0.25) is 0 Å². The average molecular weight is 486 g/mol. The van der Waals surface area contributed by atoms with Gasteiger partial charge in [0.15, 0.2) is 0 Å². The smallest absolute Gasteiger partial charge is 0.331 e. The molecule has 2 heterocycles. The van der Waals surface area contributed by atoms with Gasteiger partial charge in [-0.1, -0.05) is 23.8 Å². The number of hydrogen-bond donors (Lipinski definition) is 1. The van der Waals surface area contributed by atoms with Crippen molar-refractivity contribution in [3.8, 4) is 5.75 Å². The summed E-state index contributed by atoms with van der Waals surface area (Å²) in [6.45, 7) is 8.44. The summed E-state index contributed by atoms with van der Waals surface area (Å²) in [5.74, 6) is 0.438. The molecule has 1 aromatic carbocycles. The number of methoxy groups -OCH3 is 1. The van der Waals surface area contributed by atoms with Crippen molar-refractivity contribution in [2.75, 3.05) is 33.9 Å². The van der Waals surface area contributed by atoms with Crippen molar-refractivity contribution >= 4 is 12.0 Å². The van der Waals surface area contributed by atoms with Gasteiger partial charge < -0.3 is 29.0 Å². The van der Waals surface area contributed by atoms with Crippen LogP contribution in [0.1, 0.15) is 45.6 Å². The van der Waals surface area contributed by atoms with Crippen LogP contribution in [0.15, 0.2) is 42.0 Å². The number of likely N-dealkylation sites (N-methyl/N-ethyl adjacent to an activating group) is 1. The van der Waals surface area contributed by atoms with E-state index in [9.17, 15) is 4.79 Å². The molecule has 1 N–H and O–H groups in total. The molecule has 2 unspecified atom stereocenters. The number of epoxide rings is 2. The van der Waals surface area contributed by atoms with Crippen molar-refractivity contribution in [3.63, 3.8) is 0 Å². The quantitative estimate of drug-likeness (QED) is 0.167. The molecule has 1 aromatic rings. The Hall–Kier alpha value is -2.19. The zero-order valence-corrected chi connectivity index (χ0v) is 21.5. The van der Waals surface area contributed by atoms with E-state index in [4.69, 9.17) is 23.7 Å². The molecule has 6 atom stereocenters. The van der Waals surface area contributed by atoms with Gasteiger partial charge in [-0.25, -0.2) is 4.79 Å². The standard InChI is InChI=1S/C28H39NO6/c1-19(2)6-12-23-27(3,35-23)26-25(31-5)22(14-15-28(26)18-33-28)34-24(30)13-9-20-7-10-21(11-8-20)32-17-16-29-4/h6-11,13,22-23,25-26,29H,12,14-18H2,1-5H3/b13-9+/t22-,23?,25-,26-,27?,28+/m1/s1. The summed E-state index contributed by atoms with van der Waals surface area (Å²) in [6.07, 6.45) is 7.37. The Morgan fingerprint density at radius 2 is 2.00 bits per heavy atom. The molecule has 3 fully saturated rings. The van der Waals surface area contributed by atoms with Crippen LogP contribution in [-0.4, -0.2) is 69.4 Å². The summed E-state index contributed by atoms with van der Waals surface area (Å²) in [6, 6.07) is 7.62. The van der Waals surface area contributed by atoms with E-state index >= 15 is 0 Å². The molecule has 0 radical (unpaired) electrons. The molecule has 192 valence electrons. The van der Waals surface area contributed by atoms with Crippen molar-refractivity contribution < 1.29 is 28.5 Å². The number of ether oxygens (including phenoxy) is 5. The van der Waals surface area contributed by atoms with Crippen LogP contribution in [-0.2, 0) is 23.7 Å². The Balaban J connectivity index is 1.37. The zero-order valence-electron chi connectivity index (χ0n) is 21.5. The van der Waals surface area contributed by atoms with E-state index in [1.807, 2.05) is 31.3 Å². The number of benzene rings is 1. The van der Waals surface area contributed by atoms with Crippen LogP contribution >= 0.6 is 0 Å². The molecule has 2 saturated heterocycles. The maximum atomic E-state index is 12.7. The first-order valence-corrected chi connectivity index (χ1v) is 12.6. The fourth-order valence-electron chi connectivity index (χ4n) is 5.37. The van der Waals surface area contributed by atoms with E-state index in [1.54, 1.807) is 13.2 Å². The normalized spacial score (nSPS) is 33.5. The third-order valence-electron chi connectivity index (χ3n) is 7.42. The van der Waals surface area contributed by atoms with E-state index in [1.165, 1.54) is 11.6 Å². The van der Waals surface area contributed by atoms with Gasteiger partial charge >= 0.3 is 5.97 Å². The van der Waals surface area contributed by atoms with Gasteiger partial charge in [-0.05, 0) is 70.9 Å². The van der Waals surface area contributed by atoms with Crippen LogP contribution in [0.4, 0.5) is 0 Å². The highest BCUT2D eigenvalue weighted by Gasteiger charge is 2.72. The number of rotatable bonds is 11. The van der Waals surface area contributed by atoms with E-state index in [0.717, 1.165) is 30.7 Å². The van der Waals surface area contributed by atoms with Crippen molar-refractivity contribution in [2.45, 2.75) is 69.5 Å². The Kier molecular flexibility index (Phi) is 8.01. The van der Waals surface area contributed by atoms with Crippen LogP contribution in [0.3, 0.4) is 0 Å². The molecule has 0 bridgehead atoms. The first kappa shape index (κ1) is 25.9. The van der Waals surface area contributed by atoms with Gasteiger partial charge in [0.2, 0.25) is 0 Å². The van der Waals surface area contributed by atoms with Crippen molar-refractivity contribution in [1.29, 1.82) is 0 Å². The minimum Gasteiger partial charge on any atom is -0.492 e. The molecule has 7 nitrogen and oxygen atoms in total. The fraction of sp³-hybridized carbons (Fsp3) is 0.607. The van der Waals surface area contributed by atoms with E-state index in [2.05, 4.69) is 32.2 Å². The van der Waals surface area contributed by atoms with Gasteiger partial charge in [0, 0.05) is 19.7 Å². The number of esters is 1. The molecule has 0 aromatic heterocycles. The highest BCUT2D eigenvalue weighted by molar-refractivity contribution is 5.87. The fourth-order valence-corrected chi connectivity index (χ4v) is 5.37. The molecule has 0 amide bonds. The van der Waals surface area contributed by atoms with E-state index in [-0.39, 0.29) is 41.4 Å². The SMILES string of the molecule is CNCCOc1ccc(/C=C/C(=O)O[C@@H]2CC[C@]3(CO3)[C@@H](C3(C)OC3CC=C(C)C)[C@@H]2OC)cc1. The molecular formula is C28H39NO6. The molecule has 3 aliphatic rings. The lowest BCUT2D eigenvalue weighted by molar-refractivity contribution is -0.166. The summed E-state index contributed by atoms with van der Waals surface area (Å²) in [5, 5.41) is 3.04. The van der Waals surface area contributed by atoms with Crippen molar-refractivity contribution in [1.82, 2.24) is 5.32 Å². The minimum atomic E-state index is -0.374. The lowest BCUT2D eigenvalue weighted by atomic mass is 9.68. The van der Waals surface area contributed by atoms with E-state index in [0.29, 0.717) is 19.6 Å². The van der Waals surface area contributed by atoms with Gasteiger partial charge in [0.1, 0.15) is 35.8 Å². The molecule has 4 rings (SSSR count). The third-order valence-corrected chi connectivity index (χ3v) is 7.42. The van der Waals surface area contributed by atoms with Crippen molar-refractivity contribution in [2.24, 2.45) is 5.92 Å². The first-order valence-electron chi connectivity index (χ1n) is 12.6. The Morgan fingerprint density at radius 3 is 2.63 bits per heavy atom. The molecule has 1 spiro atoms. The number of nitrogens with one attached hydrogen (secondary N) is 1. The Morgan fingerprint density at radius 1 is 1.26 bits per heavy atom. The maximum absolute atomic E-state index is 12.7. The number of allylic oxidation sites excluding steroid dienone is 1. The second-order valence-electron chi connectivity index (χ2n) is 10.2. The highest BCUT2D eigenvalue weighted by Crippen LogP contribution is 2.59. The van der Waals surface area contributed by atoms with Gasteiger partial charge in [0.05, 0.1) is 18.6 Å². The van der Waals surface area contributed by atoms with E-state index < -0.39 is 0 Å². The summed E-state index contributed by atoms with van der Waals surface area (Å²) < 4.78 is 29.7. The molecular weight excluding hydrogens is 446 g/mol. The maximum Gasteiger partial charge on any atom is 0.331 e. The number of hydrogen-bond acceptors (Lipinski definition) is 7. The van der Waals surface area contributed by atoms with Crippen molar-refractivity contribution in [3.05, 3.63) is 47.6 Å². The molecule has 1 saturated carbocycles. The number of carbonyl (C=O) groups excluding carboxylic acids is 1. The molecule has 35 heavy (non-hydrogen) atoms. The van der Waals surface area contributed by atoms with Gasteiger partial charge in [0.25, 0.3) is 0 Å². The lowest BCUT2D eigenvalue weighted by Gasteiger charge is -2.42. The monoisotopic (exact) mass is 485 g/mol. The van der Waals surface area contributed by atoms with Gasteiger partial charge in [-0.2, -0.15) is 0 Å².